The molecule has 2 N–H and O–H groups in total. The van der Waals surface area contributed by atoms with Crippen molar-refractivity contribution in [2.75, 3.05) is 32.7 Å². The molecular formula is C25H35N3O. The maximum atomic E-state index is 11.0. The second-order valence-corrected chi connectivity index (χ2v) is 10.2. The van der Waals surface area contributed by atoms with Gasteiger partial charge in [-0.2, -0.15) is 0 Å². The highest BCUT2D eigenvalue weighted by atomic mass is 16.3. The minimum absolute atomic E-state index is 0.101. The molecule has 5 unspecified atom stereocenters. The lowest BCUT2D eigenvalue weighted by Crippen LogP contribution is -2.53. The Labute approximate surface area is 174 Å². The number of aromatic nitrogens is 1. The first-order chi connectivity index (χ1) is 14.3. The molecule has 4 nitrogen and oxygen atoms in total. The molecule has 2 aromatic rings. The molecule has 0 amide bonds. The fraction of sp³-hybridized carbons (Fsp3) is 0.680. The Bertz CT molecular complexity index is 870. The highest BCUT2D eigenvalue weighted by Crippen LogP contribution is 2.49. The van der Waals surface area contributed by atoms with E-state index >= 15 is 0 Å². The summed E-state index contributed by atoms with van der Waals surface area (Å²) in [5, 5.41) is 12.4. The Kier molecular flexibility index (Phi) is 4.70. The summed E-state index contributed by atoms with van der Waals surface area (Å²) in [5.74, 6) is 1.90. The molecule has 0 radical (unpaired) electrons. The van der Waals surface area contributed by atoms with Crippen LogP contribution in [0.4, 0.5) is 0 Å². The van der Waals surface area contributed by atoms with Crippen LogP contribution in [0.5, 0.6) is 0 Å². The largest absolute Gasteiger partial charge is 0.393 e. The van der Waals surface area contributed by atoms with Gasteiger partial charge in [-0.05, 0) is 75.1 Å². The van der Waals surface area contributed by atoms with Crippen LogP contribution in [0.2, 0.25) is 0 Å². The molecule has 1 aromatic carbocycles. The van der Waals surface area contributed by atoms with Crippen LogP contribution in [-0.4, -0.2) is 58.7 Å². The van der Waals surface area contributed by atoms with Gasteiger partial charge in [-0.15, -0.1) is 0 Å². The molecular weight excluding hydrogens is 358 g/mol. The normalized spacial score (nSPS) is 35.8. The van der Waals surface area contributed by atoms with E-state index in [4.69, 9.17) is 0 Å². The third-order valence-electron chi connectivity index (χ3n) is 8.63. The Morgan fingerprint density at radius 1 is 1.03 bits per heavy atom. The van der Waals surface area contributed by atoms with Crippen LogP contribution in [0.1, 0.15) is 55.8 Å². The van der Waals surface area contributed by atoms with Crippen molar-refractivity contribution in [1.29, 1.82) is 0 Å². The van der Waals surface area contributed by atoms with Gasteiger partial charge in [0.1, 0.15) is 0 Å². The lowest BCUT2D eigenvalue weighted by atomic mass is 9.64. The van der Waals surface area contributed by atoms with E-state index in [1.165, 1.54) is 81.3 Å². The molecule has 6 rings (SSSR count). The molecule has 2 saturated heterocycles. The van der Waals surface area contributed by atoms with Crippen molar-refractivity contribution in [3.63, 3.8) is 0 Å². The highest BCUT2D eigenvalue weighted by Gasteiger charge is 2.47. The minimum atomic E-state index is -0.101. The molecule has 5 atom stereocenters. The Balaban J connectivity index is 1.29. The molecule has 4 aliphatic rings. The fourth-order valence-corrected chi connectivity index (χ4v) is 7.15. The number of aliphatic hydroxyl groups excluding tert-OH is 1. The predicted octanol–water partition coefficient (Wildman–Crippen LogP) is 3.96. The van der Waals surface area contributed by atoms with Crippen LogP contribution in [-0.2, 0) is 6.42 Å². The lowest BCUT2D eigenvalue weighted by Gasteiger charge is -2.52. The third-order valence-corrected chi connectivity index (χ3v) is 8.63. The van der Waals surface area contributed by atoms with E-state index in [0.29, 0.717) is 17.9 Å². The van der Waals surface area contributed by atoms with Crippen LogP contribution < -0.4 is 0 Å². The first-order valence-corrected chi connectivity index (χ1v) is 12.0. The fourth-order valence-electron chi connectivity index (χ4n) is 7.15. The molecule has 0 bridgehead atoms. The minimum Gasteiger partial charge on any atom is -0.393 e. The predicted molar refractivity (Wildman–Crippen MR) is 117 cm³/mol. The molecule has 0 spiro atoms. The van der Waals surface area contributed by atoms with Crippen molar-refractivity contribution >= 4 is 10.9 Å². The SMILES string of the molecule is OC1CCC2CN3CCc4c([nH]c5ccccc45)C3CC2C1CN1CCCCC1. The summed E-state index contributed by atoms with van der Waals surface area (Å²) in [6, 6.07) is 9.35. The zero-order chi connectivity index (χ0) is 19.4. The van der Waals surface area contributed by atoms with Gasteiger partial charge in [-0.3, -0.25) is 4.90 Å². The van der Waals surface area contributed by atoms with E-state index in [0.717, 1.165) is 18.9 Å². The van der Waals surface area contributed by atoms with E-state index in [1.807, 2.05) is 0 Å². The number of piperidine rings is 2. The first-order valence-electron chi connectivity index (χ1n) is 12.0. The van der Waals surface area contributed by atoms with Gasteiger partial charge in [0.2, 0.25) is 0 Å². The summed E-state index contributed by atoms with van der Waals surface area (Å²) < 4.78 is 0. The van der Waals surface area contributed by atoms with Crippen molar-refractivity contribution in [3.05, 3.63) is 35.5 Å². The average molecular weight is 394 g/mol. The molecule has 4 heteroatoms. The number of hydrogen-bond donors (Lipinski definition) is 2. The van der Waals surface area contributed by atoms with E-state index in [2.05, 4.69) is 39.0 Å². The Hall–Kier alpha value is -1.36. The quantitative estimate of drug-likeness (QED) is 0.812. The van der Waals surface area contributed by atoms with E-state index in [-0.39, 0.29) is 6.10 Å². The van der Waals surface area contributed by atoms with Crippen LogP contribution in [0.3, 0.4) is 0 Å². The summed E-state index contributed by atoms with van der Waals surface area (Å²) in [5.41, 5.74) is 4.34. The monoisotopic (exact) mass is 393 g/mol. The topological polar surface area (TPSA) is 42.5 Å². The summed E-state index contributed by atoms with van der Waals surface area (Å²) >= 11 is 0. The summed E-state index contributed by atoms with van der Waals surface area (Å²) in [6.07, 6.45) is 8.58. The Morgan fingerprint density at radius 2 is 1.90 bits per heavy atom. The average Bonchev–Trinajstić information content (AvgIpc) is 3.15. The second kappa shape index (κ2) is 7.40. The van der Waals surface area contributed by atoms with Gasteiger partial charge < -0.3 is 15.0 Å². The Morgan fingerprint density at radius 3 is 2.79 bits per heavy atom. The number of aromatic amines is 1. The van der Waals surface area contributed by atoms with Gasteiger partial charge in [0.05, 0.1) is 12.1 Å². The van der Waals surface area contributed by atoms with Crippen molar-refractivity contribution in [3.8, 4) is 0 Å². The highest BCUT2D eigenvalue weighted by molar-refractivity contribution is 5.85. The number of nitrogens with zero attached hydrogens (tertiary/aromatic N) is 2. The number of aliphatic hydroxyl groups is 1. The van der Waals surface area contributed by atoms with Crippen molar-refractivity contribution < 1.29 is 5.11 Å². The standard InChI is InChI=1S/C25H35N3O/c29-24-9-8-17-15-28-13-10-19-18-6-2-3-7-22(18)26-25(19)23(28)14-20(17)21(24)16-27-11-4-1-5-12-27/h2-3,6-7,17,20-21,23-24,26,29H,1,4-5,8-16H2. The number of para-hydroxylation sites is 1. The third kappa shape index (κ3) is 3.15. The van der Waals surface area contributed by atoms with Gasteiger partial charge >= 0.3 is 0 Å². The second-order valence-electron chi connectivity index (χ2n) is 10.2. The van der Waals surface area contributed by atoms with Gasteiger partial charge in [0, 0.05) is 42.1 Å². The molecule has 1 aromatic heterocycles. The maximum Gasteiger partial charge on any atom is 0.0583 e. The molecule has 4 heterocycles. The van der Waals surface area contributed by atoms with Gasteiger partial charge in [0.15, 0.2) is 0 Å². The lowest BCUT2D eigenvalue weighted by molar-refractivity contribution is -0.0669. The smallest absolute Gasteiger partial charge is 0.0583 e. The van der Waals surface area contributed by atoms with Gasteiger partial charge in [-0.1, -0.05) is 24.6 Å². The van der Waals surface area contributed by atoms with E-state index in [1.54, 1.807) is 5.56 Å². The van der Waals surface area contributed by atoms with Crippen molar-refractivity contribution in [2.24, 2.45) is 17.8 Å². The molecule has 3 aliphatic heterocycles. The maximum absolute atomic E-state index is 11.0. The molecule has 1 aliphatic carbocycles. The molecule has 3 fully saturated rings. The summed E-state index contributed by atoms with van der Waals surface area (Å²) in [6.45, 7) is 6.02. The zero-order valence-electron chi connectivity index (χ0n) is 17.5. The number of fused-ring (bicyclic) bond motifs is 6. The number of nitrogens with one attached hydrogen (secondary N) is 1. The molecule has 156 valence electrons. The zero-order valence-corrected chi connectivity index (χ0v) is 17.5. The van der Waals surface area contributed by atoms with Crippen molar-refractivity contribution in [2.45, 2.75) is 57.1 Å². The number of likely N-dealkylation sites (tertiary alicyclic amines) is 1. The van der Waals surface area contributed by atoms with Gasteiger partial charge in [0.25, 0.3) is 0 Å². The van der Waals surface area contributed by atoms with Crippen LogP contribution in [0.15, 0.2) is 24.3 Å². The number of H-pyrrole nitrogens is 1. The van der Waals surface area contributed by atoms with Crippen molar-refractivity contribution in [1.82, 2.24) is 14.8 Å². The summed E-state index contributed by atoms with van der Waals surface area (Å²) in [4.78, 5) is 9.22. The number of benzene rings is 1. The van der Waals surface area contributed by atoms with E-state index in [9.17, 15) is 5.11 Å². The number of rotatable bonds is 2. The van der Waals surface area contributed by atoms with Crippen LogP contribution >= 0.6 is 0 Å². The number of hydrogen-bond acceptors (Lipinski definition) is 3. The summed E-state index contributed by atoms with van der Waals surface area (Å²) in [7, 11) is 0. The van der Waals surface area contributed by atoms with E-state index < -0.39 is 0 Å². The van der Waals surface area contributed by atoms with Crippen LogP contribution in [0.25, 0.3) is 10.9 Å². The molecule has 29 heavy (non-hydrogen) atoms. The first kappa shape index (κ1) is 18.4. The van der Waals surface area contributed by atoms with Gasteiger partial charge in [-0.25, -0.2) is 0 Å². The molecule has 1 saturated carbocycles. The van der Waals surface area contributed by atoms with Crippen LogP contribution in [0, 0.1) is 17.8 Å².